The van der Waals surface area contributed by atoms with Gasteiger partial charge in [0.15, 0.2) is 0 Å². The molecule has 0 bridgehead atoms. The fourth-order valence-corrected chi connectivity index (χ4v) is 4.74. The lowest BCUT2D eigenvalue weighted by Crippen LogP contribution is -2.30. The molecular weight excluding hydrogens is 468 g/mol. The van der Waals surface area contributed by atoms with Gasteiger partial charge in [-0.1, -0.05) is 43.0 Å². The molecule has 35 heavy (non-hydrogen) atoms. The molecule has 2 aromatic carbocycles. The van der Waals surface area contributed by atoms with E-state index in [1.54, 1.807) is 12.1 Å². The molecule has 0 N–H and O–H groups in total. The maximum atomic E-state index is 12.6. The van der Waals surface area contributed by atoms with Gasteiger partial charge in [0.25, 0.3) is 0 Å². The highest BCUT2D eigenvalue weighted by Gasteiger charge is 2.20. The Hall–Kier alpha value is -2.98. The number of benzene rings is 2. The zero-order valence-electron chi connectivity index (χ0n) is 20.2. The molecule has 3 rings (SSSR count). The third kappa shape index (κ3) is 7.25. The van der Waals surface area contributed by atoms with Crippen LogP contribution in [0.2, 0.25) is 0 Å². The molecule has 0 unspecified atom stereocenters. The van der Waals surface area contributed by atoms with Gasteiger partial charge in [0.05, 0.1) is 11.5 Å². The molecule has 0 aliphatic carbocycles. The van der Waals surface area contributed by atoms with E-state index in [4.69, 9.17) is 14.2 Å². The van der Waals surface area contributed by atoms with Crippen LogP contribution in [0.25, 0.3) is 0 Å². The van der Waals surface area contributed by atoms with Crippen LogP contribution >= 0.6 is 0 Å². The first kappa shape index (κ1) is 26.6. The van der Waals surface area contributed by atoms with Crippen LogP contribution < -0.4 is 0 Å². The molecule has 8 nitrogen and oxygen atoms in total. The molecule has 0 amide bonds. The van der Waals surface area contributed by atoms with Crippen LogP contribution in [-0.2, 0) is 48.7 Å². The summed E-state index contributed by atoms with van der Waals surface area (Å²) in [6.45, 7) is 7.05. The fraction of sp³-hybridized carbons (Fsp3) is 0.346. The normalized spacial score (nSPS) is 14.1. The average Bonchev–Trinajstić information content (AvgIpc) is 3.29. The van der Waals surface area contributed by atoms with Gasteiger partial charge in [-0.25, -0.2) is 8.42 Å². The Kier molecular flexibility index (Phi) is 9.62. The van der Waals surface area contributed by atoms with Gasteiger partial charge in [-0.2, -0.15) is 4.31 Å². The topological polar surface area (TPSA) is 85.4 Å². The number of nitrogens with zero attached hydrogens (tertiary/aromatic N) is 2. The van der Waals surface area contributed by atoms with Gasteiger partial charge in [0.1, 0.15) is 19.5 Å². The Morgan fingerprint density at radius 1 is 1.09 bits per heavy atom. The number of ketones is 1. The van der Waals surface area contributed by atoms with E-state index in [9.17, 15) is 13.2 Å². The van der Waals surface area contributed by atoms with Gasteiger partial charge in [-0.3, -0.25) is 9.69 Å². The van der Waals surface area contributed by atoms with Crippen LogP contribution in [0.1, 0.15) is 16.7 Å². The van der Waals surface area contributed by atoms with Crippen molar-refractivity contribution in [3.63, 3.8) is 0 Å². The largest absolute Gasteiger partial charge is 0.496 e. The molecule has 0 saturated heterocycles. The van der Waals surface area contributed by atoms with E-state index in [0.717, 1.165) is 25.7 Å². The third-order valence-corrected chi connectivity index (χ3v) is 7.56. The molecule has 1 aliphatic rings. The standard InChI is InChI=1S/C26H32N2O6S/c1-4-25(29)26(20-33-16-14-28-17-22-7-5-6-8-23(22)18-28)34-19-21-9-11-24(12-10-21)35(30,31)27(2)13-15-32-3/h4-12,20H,1,13-19H2,2-3H3/b26-20+. The SMILES string of the molecule is C=CC(=O)/C(=C\OCCN1Cc2ccccc2C1)OCc1ccc(S(=O)(=O)N(C)CCOC)cc1. The minimum atomic E-state index is -3.61. The summed E-state index contributed by atoms with van der Waals surface area (Å²) >= 11 is 0. The first-order valence-electron chi connectivity index (χ1n) is 11.3. The second kappa shape index (κ2) is 12.6. The van der Waals surface area contributed by atoms with E-state index in [2.05, 4.69) is 23.6 Å². The number of fused-ring (bicyclic) bond motifs is 1. The van der Waals surface area contributed by atoms with Crippen LogP contribution in [0, 0.1) is 0 Å². The number of allylic oxidation sites excluding steroid dienone is 1. The molecule has 0 saturated carbocycles. The minimum Gasteiger partial charge on any atom is -0.496 e. The van der Waals surface area contributed by atoms with Crippen molar-refractivity contribution < 1.29 is 27.4 Å². The Morgan fingerprint density at radius 3 is 2.34 bits per heavy atom. The Labute approximate surface area is 207 Å². The lowest BCUT2D eigenvalue weighted by molar-refractivity contribution is -0.115. The zero-order valence-corrected chi connectivity index (χ0v) is 21.0. The smallest absolute Gasteiger partial charge is 0.242 e. The fourth-order valence-electron chi connectivity index (χ4n) is 3.58. The van der Waals surface area contributed by atoms with Gasteiger partial charge in [-0.05, 0) is 34.9 Å². The summed E-state index contributed by atoms with van der Waals surface area (Å²) < 4.78 is 42.6. The molecule has 0 aromatic heterocycles. The molecule has 0 fully saturated rings. The highest BCUT2D eigenvalue weighted by atomic mass is 32.2. The van der Waals surface area contributed by atoms with Crippen molar-refractivity contribution in [2.24, 2.45) is 0 Å². The molecule has 2 aromatic rings. The molecule has 1 aliphatic heterocycles. The zero-order chi connectivity index (χ0) is 25.3. The number of hydrogen-bond acceptors (Lipinski definition) is 7. The number of carbonyl (C=O) groups excluding carboxylic acids is 1. The number of sulfonamides is 1. The predicted octanol–water partition coefficient (Wildman–Crippen LogP) is 3.10. The molecular formula is C26H32N2O6S. The van der Waals surface area contributed by atoms with E-state index in [1.807, 2.05) is 12.1 Å². The Balaban J connectivity index is 1.52. The summed E-state index contributed by atoms with van der Waals surface area (Å²) in [5, 5.41) is 0. The highest BCUT2D eigenvalue weighted by Crippen LogP contribution is 2.21. The minimum absolute atomic E-state index is 0.0423. The summed E-state index contributed by atoms with van der Waals surface area (Å²) in [4.78, 5) is 14.6. The maximum absolute atomic E-state index is 12.6. The first-order chi connectivity index (χ1) is 16.8. The molecule has 188 valence electrons. The number of ether oxygens (including phenoxy) is 3. The van der Waals surface area contributed by atoms with Crippen LogP contribution in [0.4, 0.5) is 0 Å². The van der Waals surface area contributed by atoms with Gasteiger partial charge >= 0.3 is 0 Å². The Morgan fingerprint density at radius 2 is 1.74 bits per heavy atom. The number of methoxy groups -OCH3 is 1. The van der Waals surface area contributed by atoms with Gasteiger partial charge in [-0.15, -0.1) is 0 Å². The van der Waals surface area contributed by atoms with Crippen molar-refractivity contribution in [2.45, 2.75) is 24.6 Å². The number of rotatable bonds is 14. The van der Waals surface area contributed by atoms with Crippen LogP contribution in [0.15, 0.2) is 78.1 Å². The molecule has 0 radical (unpaired) electrons. The molecule has 0 spiro atoms. The lowest BCUT2D eigenvalue weighted by Gasteiger charge is -2.17. The van der Waals surface area contributed by atoms with Crippen molar-refractivity contribution in [1.29, 1.82) is 0 Å². The summed E-state index contributed by atoms with van der Waals surface area (Å²) in [6.07, 6.45) is 2.48. The summed E-state index contributed by atoms with van der Waals surface area (Å²) in [5.74, 6) is -0.349. The van der Waals surface area contributed by atoms with E-state index in [-0.39, 0.29) is 23.8 Å². The maximum Gasteiger partial charge on any atom is 0.242 e. The van der Waals surface area contributed by atoms with Crippen molar-refractivity contribution in [3.8, 4) is 0 Å². The van der Waals surface area contributed by atoms with Crippen LogP contribution in [0.3, 0.4) is 0 Å². The van der Waals surface area contributed by atoms with Crippen molar-refractivity contribution in [3.05, 3.63) is 89.9 Å². The second-order valence-corrected chi connectivity index (χ2v) is 10.2. The van der Waals surface area contributed by atoms with E-state index >= 15 is 0 Å². The Bertz CT molecular complexity index is 1120. The predicted molar refractivity (Wildman–Crippen MR) is 133 cm³/mol. The summed E-state index contributed by atoms with van der Waals surface area (Å²) in [7, 11) is -0.580. The lowest BCUT2D eigenvalue weighted by atomic mass is 10.1. The monoisotopic (exact) mass is 500 g/mol. The number of carbonyl (C=O) groups is 1. The third-order valence-electron chi connectivity index (χ3n) is 5.69. The molecule has 0 atom stereocenters. The summed E-state index contributed by atoms with van der Waals surface area (Å²) in [5.41, 5.74) is 3.37. The highest BCUT2D eigenvalue weighted by molar-refractivity contribution is 7.89. The quantitative estimate of drug-likeness (QED) is 0.224. The number of hydrogen-bond donors (Lipinski definition) is 0. The van der Waals surface area contributed by atoms with Gasteiger partial charge in [0, 0.05) is 40.3 Å². The van der Waals surface area contributed by atoms with Crippen LogP contribution in [-0.4, -0.2) is 63.9 Å². The van der Waals surface area contributed by atoms with Crippen LogP contribution in [0.5, 0.6) is 0 Å². The van der Waals surface area contributed by atoms with E-state index in [0.29, 0.717) is 18.8 Å². The van der Waals surface area contributed by atoms with Gasteiger partial charge in [0.2, 0.25) is 21.6 Å². The average molecular weight is 501 g/mol. The van der Waals surface area contributed by atoms with E-state index < -0.39 is 15.8 Å². The molecule has 1 heterocycles. The van der Waals surface area contributed by atoms with Gasteiger partial charge < -0.3 is 14.2 Å². The van der Waals surface area contributed by atoms with E-state index in [1.165, 1.54) is 48.0 Å². The summed E-state index contributed by atoms with van der Waals surface area (Å²) in [6, 6.07) is 14.7. The van der Waals surface area contributed by atoms with Crippen molar-refractivity contribution in [2.75, 3.05) is 40.5 Å². The second-order valence-electron chi connectivity index (χ2n) is 8.15. The van der Waals surface area contributed by atoms with Crippen molar-refractivity contribution in [1.82, 2.24) is 9.21 Å². The first-order valence-corrected chi connectivity index (χ1v) is 12.7. The molecule has 9 heteroatoms. The van der Waals surface area contributed by atoms with Crippen molar-refractivity contribution >= 4 is 15.8 Å². The number of likely N-dealkylation sites (N-methyl/N-ethyl adjacent to an activating group) is 1.